The summed E-state index contributed by atoms with van der Waals surface area (Å²) < 4.78 is 1.59. The average molecular weight is 293 g/mol. The molecule has 0 fully saturated rings. The fourth-order valence-corrected chi connectivity index (χ4v) is 2.58. The molecule has 0 radical (unpaired) electrons. The summed E-state index contributed by atoms with van der Waals surface area (Å²) in [6.07, 6.45) is 2.97. The molecule has 0 saturated heterocycles. The molecule has 0 amide bonds. The van der Waals surface area contributed by atoms with E-state index in [0.717, 1.165) is 30.1 Å². The number of aromatic nitrogens is 4. The number of rotatable bonds is 7. The highest BCUT2D eigenvalue weighted by molar-refractivity contribution is 7.99. The molecule has 20 heavy (non-hydrogen) atoms. The van der Waals surface area contributed by atoms with Crippen LogP contribution in [0.2, 0.25) is 0 Å². The van der Waals surface area contributed by atoms with Gasteiger partial charge in [-0.25, -0.2) is 14.9 Å². The molecular formula is C13H19N5OS. The number of nitrogens with one attached hydrogen (secondary N) is 2. The zero-order valence-electron chi connectivity index (χ0n) is 11.7. The summed E-state index contributed by atoms with van der Waals surface area (Å²) in [7, 11) is 0. The second kappa shape index (κ2) is 7.25. The minimum absolute atomic E-state index is 0.185. The zero-order valence-corrected chi connectivity index (χ0v) is 12.5. The molecule has 0 bridgehead atoms. The zero-order chi connectivity index (χ0) is 14.4. The van der Waals surface area contributed by atoms with Crippen molar-refractivity contribution in [3.8, 4) is 0 Å². The molecule has 0 aliphatic carbocycles. The second-order valence-electron chi connectivity index (χ2n) is 4.34. The van der Waals surface area contributed by atoms with Crippen molar-refractivity contribution in [1.82, 2.24) is 25.1 Å². The highest BCUT2D eigenvalue weighted by Gasteiger charge is 2.08. The van der Waals surface area contributed by atoms with E-state index in [1.54, 1.807) is 4.57 Å². The van der Waals surface area contributed by atoms with Crippen LogP contribution in [-0.4, -0.2) is 26.3 Å². The van der Waals surface area contributed by atoms with Gasteiger partial charge in [-0.05, 0) is 43.3 Å². The van der Waals surface area contributed by atoms with Gasteiger partial charge in [0.25, 0.3) is 0 Å². The first-order valence-corrected chi connectivity index (χ1v) is 7.55. The molecule has 0 spiro atoms. The molecule has 2 heterocycles. The number of hydrogen-bond acceptors (Lipinski definition) is 5. The van der Waals surface area contributed by atoms with Gasteiger partial charge < -0.3 is 5.32 Å². The van der Waals surface area contributed by atoms with Gasteiger partial charge in [-0.3, -0.25) is 4.57 Å². The Morgan fingerprint density at radius 1 is 1.40 bits per heavy atom. The van der Waals surface area contributed by atoms with E-state index >= 15 is 0 Å². The van der Waals surface area contributed by atoms with Crippen molar-refractivity contribution in [3.05, 3.63) is 34.4 Å². The first-order chi connectivity index (χ1) is 9.74. The predicted octanol–water partition coefficient (Wildman–Crippen LogP) is 1.64. The quantitative estimate of drug-likeness (QED) is 0.759. The van der Waals surface area contributed by atoms with Crippen LogP contribution in [0.4, 0.5) is 0 Å². The Morgan fingerprint density at radius 3 is 2.90 bits per heavy atom. The summed E-state index contributed by atoms with van der Waals surface area (Å²) in [6.45, 7) is 6.48. The summed E-state index contributed by atoms with van der Waals surface area (Å²) in [5.74, 6) is 0. The van der Waals surface area contributed by atoms with Crippen LogP contribution >= 0.6 is 11.8 Å². The lowest BCUT2D eigenvalue weighted by Crippen LogP contribution is -2.16. The average Bonchev–Trinajstić information content (AvgIpc) is 2.81. The first kappa shape index (κ1) is 14.8. The second-order valence-corrected chi connectivity index (χ2v) is 5.33. The Morgan fingerprint density at radius 2 is 2.25 bits per heavy atom. The van der Waals surface area contributed by atoms with Gasteiger partial charge in [0, 0.05) is 19.3 Å². The lowest BCUT2D eigenvalue weighted by atomic mass is 10.3. The van der Waals surface area contributed by atoms with E-state index in [4.69, 9.17) is 0 Å². The van der Waals surface area contributed by atoms with Crippen molar-refractivity contribution >= 4 is 11.8 Å². The molecule has 0 aliphatic rings. The molecule has 2 rings (SSSR count). The topological polar surface area (TPSA) is 75.6 Å². The fraction of sp³-hybridized carbons (Fsp3) is 0.462. The third-order valence-electron chi connectivity index (χ3n) is 2.79. The lowest BCUT2D eigenvalue weighted by molar-refractivity contribution is 0.659. The summed E-state index contributed by atoms with van der Waals surface area (Å²) >= 11 is 1.39. The van der Waals surface area contributed by atoms with Crippen molar-refractivity contribution in [2.45, 2.75) is 43.5 Å². The highest BCUT2D eigenvalue weighted by Crippen LogP contribution is 2.22. The Bertz CT molecular complexity index is 590. The number of nitrogens with zero attached hydrogens (tertiary/aromatic N) is 3. The van der Waals surface area contributed by atoms with Crippen LogP contribution < -0.4 is 11.0 Å². The van der Waals surface area contributed by atoms with Gasteiger partial charge >= 0.3 is 5.69 Å². The van der Waals surface area contributed by atoms with Crippen molar-refractivity contribution in [3.63, 3.8) is 0 Å². The highest BCUT2D eigenvalue weighted by atomic mass is 32.2. The molecule has 0 unspecified atom stereocenters. The minimum atomic E-state index is -0.185. The predicted molar refractivity (Wildman–Crippen MR) is 78.9 cm³/mol. The summed E-state index contributed by atoms with van der Waals surface area (Å²) in [5.41, 5.74) is 0.966. The molecule has 0 atom stereocenters. The first-order valence-electron chi connectivity index (χ1n) is 6.73. The van der Waals surface area contributed by atoms with Crippen LogP contribution in [0.15, 0.2) is 33.3 Å². The van der Waals surface area contributed by atoms with Crippen LogP contribution in [0.1, 0.15) is 25.8 Å². The van der Waals surface area contributed by atoms with Crippen molar-refractivity contribution < 1.29 is 0 Å². The summed E-state index contributed by atoms with van der Waals surface area (Å²) in [4.78, 5) is 15.9. The molecule has 6 nitrogen and oxygen atoms in total. The van der Waals surface area contributed by atoms with Gasteiger partial charge in [-0.15, -0.1) is 5.10 Å². The van der Waals surface area contributed by atoms with Gasteiger partial charge in [0.15, 0.2) is 5.16 Å². The normalized spacial score (nSPS) is 10.9. The maximum Gasteiger partial charge on any atom is 0.343 e. The molecule has 2 N–H and O–H groups in total. The number of H-pyrrole nitrogens is 1. The van der Waals surface area contributed by atoms with E-state index in [1.807, 2.05) is 25.3 Å². The summed E-state index contributed by atoms with van der Waals surface area (Å²) in [6, 6.07) is 3.99. The number of hydrogen-bond donors (Lipinski definition) is 2. The Balaban J connectivity index is 2.01. The van der Waals surface area contributed by atoms with Crippen molar-refractivity contribution in [1.29, 1.82) is 0 Å². The van der Waals surface area contributed by atoms with E-state index < -0.39 is 0 Å². The number of aromatic amines is 1. The molecule has 2 aromatic rings. The Labute approximate surface area is 122 Å². The van der Waals surface area contributed by atoms with Crippen LogP contribution in [0.5, 0.6) is 0 Å². The van der Waals surface area contributed by atoms with Crippen LogP contribution in [0.25, 0.3) is 0 Å². The third-order valence-corrected chi connectivity index (χ3v) is 3.73. The molecule has 108 valence electrons. The standard InChI is InChI=1S/C13H19N5OS/c1-3-7-14-8-10-5-6-11(15-9-10)20-13-17-16-12(19)18(13)4-2/h5-6,9,14H,3-4,7-8H2,1-2H3,(H,16,19). The van der Waals surface area contributed by atoms with Gasteiger partial charge in [-0.1, -0.05) is 13.0 Å². The van der Waals surface area contributed by atoms with Crippen LogP contribution in [0.3, 0.4) is 0 Å². The van der Waals surface area contributed by atoms with Gasteiger partial charge in [0.2, 0.25) is 0 Å². The van der Waals surface area contributed by atoms with Crippen LogP contribution in [0, 0.1) is 0 Å². The van der Waals surface area contributed by atoms with Crippen molar-refractivity contribution in [2.75, 3.05) is 6.54 Å². The van der Waals surface area contributed by atoms with E-state index in [1.165, 1.54) is 11.8 Å². The Kier molecular flexibility index (Phi) is 5.37. The van der Waals surface area contributed by atoms with Gasteiger partial charge in [-0.2, -0.15) is 0 Å². The molecule has 0 aliphatic heterocycles. The van der Waals surface area contributed by atoms with Gasteiger partial charge in [0.1, 0.15) is 5.03 Å². The monoisotopic (exact) mass is 293 g/mol. The molecule has 0 saturated carbocycles. The molecule has 2 aromatic heterocycles. The fourth-order valence-electron chi connectivity index (χ4n) is 1.74. The summed E-state index contributed by atoms with van der Waals surface area (Å²) in [5, 5.41) is 11.3. The Hall–Kier alpha value is -1.60. The third kappa shape index (κ3) is 3.71. The van der Waals surface area contributed by atoms with E-state index in [2.05, 4.69) is 27.4 Å². The molecule has 7 heteroatoms. The van der Waals surface area contributed by atoms with Crippen molar-refractivity contribution in [2.24, 2.45) is 0 Å². The molecule has 0 aromatic carbocycles. The minimum Gasteiger partial charge on any atom is -0.313 e. The smallest absolute Gasteiger partial charge is 0.313 e. The number of pyridine rings is 1. The van der Waals surface area contributed by atoms with E-state index in [0.29, 0.717) is 11.7 Å². The van der Waals surface area contributed by atoms with E-state index in [9.17, 15) is 4.79 Å². The van der Waals surface area contributed by atoms with Gasteiger partial charge in [0.05, 0.1) is 0 Å². The SMILES string of the molecule is CCCNCc1ccc(Sc2n[nH]c(=O)n2CC)nc1. The lowest BCUT2D eigenvalue weighted by Gasteiger charge is -2.04. The maximum atomic E-state index is 11.5. The maximum absolute atomic E-state index is 11.5. The van der Waals surface area contributed by atoms with E-state index in [-0.39, 0.29) is 5.69 Å². The largest absolute Gasteiger partial charge is 0.343 e. The molecular weight excluding hydrogens is 274 g/mol. The van der Waals surface area contributed by atoms with Crippen LogP contribution in [-0.2, 0) is 13.1 Å².